The van der Waals surface area contributed by atoms with E-state index in [-0.39, 0.29) is 18.4 Å². The van der Waals surface area contributed by atoms with Crippen LogP contribution in [0.2, 0.25) is 0 Å². The molecule has 0 saturated carbocycles. The summed E-state index contributed by atoms with van der Waals surface area (Å²) in [5.41, 5.74) is 0.965. The van der Waals surface area contributed by atoms with Gasteiger partial charge in [0.25, 0.3) is 0 Å². The summed E-state index contributed by atoms with van der Waals surface area (Å²) in [5.74, 6) is 0.945. The lowest BCUT2D eigenvalue weighted by molar-refractivity contribution is -0.127. The van der Waals surface area contributed by atoms with Gasteiger partial charge < -0.3 is 19.9 Å². The second-order valence-electron chi connectivity index (χ2n) is 7.70. The third-order valence-electron chi connectivity index (χ3n) is 5.42. The van der Waals surface area contributed by atoms with E-state index in [1.54, 1.807) is 7.11 Å². The zero-order chi connectivity index (χ0) is 20.4. The largest absolute Gasteiger partial charge is 0.496 e. The number of amides is 1. The van der Waals surface area contributed by atoms with Crippen LogP contribution < -0.4 is 10.1 Å². The Morgan fingerprint density at radius 2 is 2.14 bits per heavy atom. The van der Waals surface area contributed by atoms with Gasteiger partial charge in [0.1, 0.15) is 5.75 Å². The van der Waals surface area contributed by atoms with Gasteiger partial charge in [-0.2, -0.15) is 0 Å². The Balaban J connectivity index is 1.76. The first-order valence-corrected chi connectivity index (χ1v) is 10.4. The Morgan fingerprint density at radius 3 is 2.89 bits per heavy atom. The van der Waals surface area contributed by atoms with Crippen molar-refractivity contribution in [2.75, 3.05) is 33.4 Å². The first-order valence-electron chi connectivity index (χ1n) is 10.4. The molecule has 1 saturated heterocycles. The Hall–Kier alpha value is -1.63. The molecule has 158 valence electrons. The summed E-state index contributed by atoms with van der Waals surface area (Å²) in [5, 5.41) is 13.5. The number of rotatable bonds is 11. The third kappa shape index (κ3) is 7.08. The van der Waals surface area contributed by atoms with Gasteiger partial charge in [0.2, 0.25) is 5.91 Å². The molecule has 3 atom stereocenters. The van der Waals surface area contributed by atoms with E-state index < -0.39 is 6.10 Å². The average Bonchev–Trinajstić information content (AvgIpc) is 2.70. The fourth-order valence-corrected chi connectivity index (χ4v) is 3.63. The number of benzene rings is 1. The maximum Gasteiger partial charge on any atom is 0.224 e. The van der Waals surface area contributed by atoms with Crippen LogP contribution in [-0.4, -0.2) is 61.4 Å². The number of likely N-dealkylation sites (tertiary alicyclic amines) is 1. The summed E-state index contributed by atoms with van der Waals surface area (Å²) in [6.07, 6.45) is 3.39. The van der Waals surface area contributed by atoms with E-state index in [1.807, 2.05) is 24.3 Å². The topological polar surface area (TPSA) is 71.0 Å². The van der Waals surface area contributed by atoms with E-state index >= 15 is 0 Å². The van der Waals surface area contributed by atoms with Crippen LogP contribution in [-0.2, 0) is 16.1 Å². The van der Waals surface area contributed by atoms with Crippen molar-refractivity contribution in [3.63, 3.8) is 0 Å². The van der Waals surface area contributed by atoms with Crippen molar-refractivity contribution < 1.29 is 19.4 Å². The number of β-amino-alcohol motifs (C(OH)–C–C–N with tert-alkyl or cyclic N) is 1. The minimum Gasteiger partial charge on any atom is -0.496 e. The Morgan fingerprint density at radius 1 is 1.36 bits per heavy atom. The smallest absolute Gasteiger partial charge is 0.224 e. The zero-order valence-corrected chi connectivity index (χ0v) is 17.5. The van der Waals surface area contributed by atoms with Gasteiger partial charge >= 0.3 is 0 Å². The van der Waals surface area contributed by atoms with Gasteiger partial charge in [0, 0.05) is 31.2 Å². The molecule has 0 aliphatic carbocycles. The van der Waals surface area contributed by atoms with Crippen LogP contribution >= 0.6 is 0 Å². The summed E-state index contributed by atoms with van der Waals surface area (Å²) in [6.45, 7) is 6.91. The number of carbonyl (C=O) groups excluding carboxylic acids is 1. The number of nitrogens with one attached hydrogen (secondary N) is 1. The molecule has 1 amide bonds. The molecule has 1 aromatic rings. The van der Waals surface area contributed by atoms with E-state index in [0.29, 0.717) is 25.7 Å². The molecule has 1 aliphatic rings. The second-order valence-corrected chi connectivity index (χ2v) is 7.70. The highest BCUT2D eigenvalue weighted by Crippen LogP contribution is 2.23. The van der Waals surface area contributed by atoms with Gasteiger partial charge in [-0.3, -0.25) is 9.69 Å². The molecule has 2 rings (SSSR count). The Kier molecular flexibility index (Phi) is 9.75. The summed E-state index contributed by atoms with van der Waals surface area (Å²) in [4.78, 5) is 14.6. The minimum atomic E-state index is -0.584. The Labute approximate surface area is 169 Å². The van der Waals surface area contributed by atoms with Crippen LogP contribution in [0.5, 0.6) is 5.75 Å². The van der Waals surface area contributed by atoms with Crippen LogP contribution in [0.4, 0.5) is 0 Å². The summed E-state index contributed by atoms with van der Waals surface area (Å²) in [6, 6.07) is 8.09. The van der Waals surface area contributed by atoms with Crippen LogP contribution in [0.3, 0.4) is 0 Å². The maximum absolute atomic E-state index is 12.4. The van der Waals surface area contributed by atoms with E-state index in [4.69, 9.17) is 9.47 Å². The molecule has 6 heteroatoms. The highest BCUT2D eigenvalue weighted by Gasteiger charge is 2.30. The number of hydrogen-bond acceptors (Lipinski definition) is 5. The van der Waals surface area contributed by atoms with Crippen LogP contribution in [0.15, 0.2) is 24.3 Å². The molecule has 1 fully saturated rings. The highest BCUT2D eigenvalue weighted by atomic mass is 16.5. The zero-order valence-electron chi connectivity index (χ0n) is 17.5. The number of hydrogen-bond donors (Lipinski definition) is 2. The van der Waals surface area contributed by atoms with E-state index in [0.717, 1.165) is 43.5 Å². The number of ether oxygens (including phenoxy) is 2. The number of nitrogens with zero attached hydrogens (tertiary/aromatic N) is 1. The standard InChI is InChI=1S/C22H36N2O4/c1-4-5-12-23-22(26)18-11-10-17(2)24(13-18)14-20(25)16-28-15-19-8-6-7-9-21(19)27-3/h6-9,17-18,20,25H,4-5,10-16H2,1-3H3,(H,23,26). The molecule has 28 heavy (non-hydrogen) atoms. The molecule has 1 aromatic carbocycles. The number of carbonyl (C=O) groups is 1. The normalized spacial score (nSPS) is 21.3. The number of aliphatic hydroxyl groups excluding tert-OH is 1. The Bertz CT molecular complexity index is 596. The maximum atomic E-state index is 12.4. The lowest BCUT2D eigenvalue weighted by Crippen LogP contribution is -2.49. The first kappa shape index (κ1) is 22.7. The van der Waals surface area contributed by atoms with Gasteiger partial charge in [0.05, 0.1) is 32.3 Å². The van der Waals surface area contributed by atoms with Crippen molar-refractivity contribution in [2.45, 2.75) is 58.3 Å². The molecule has 0 spiro atoms. The van der Waals surface area contributed by atoms with Crippen LogP contribution in [0.25, 0.3) is 0 Å². The van der Waals surface area contributed by atoms with E-state index in [2.05, 4.69) is 24.1 Å². The summed E-state index contributed by atoms with van der Waals surface area (Å²) < 4.78 is 11.0. The van der Waals surface area contributed by atoms with Crippen molar-refractivity contribution in [1.82, 2.24) is 10.2 Å². The number of para-hydroxylation sites is 1. The molecular weight excluding hydrogens is 356 g/mol. The molecule has 3 unspecified atom stereocenters. The number of aliphatic hydroxyl groups is 1. The van der Waals surface area contributed by atoms with E-state index in [9.17, 15) is 9.90 Å². The van der Waals surface area contributed by atoms with Crippen molar-refractivity contribution >= 4 is 5.91 Å². The summed E-state index contributed by atoms with van der Waals surface area (Å²) in [7, 11) is 1.64. The molecular formula is C22H36N2O4. The van der Waals surface area contributed by atoms with Gasteiger partial charge in [0.15, 0.2) is 0 Å². The van der Waals surface area contributed by atoms with Crippen molar-refractivity contribution in [1.29, 1.82) is 0 Å². The number of piperidine rings is 1. The predicted molar refractivity (Wildman–Crippen MR) is 110 cm³/mol. The molecule has 1 heterocycles. The second kappa shape index (κ2) is 12.0. The summed E-state index contributed by atoms with van der Waals surface area (Å²) >= 11 is 0. The van der Waals surface area contributed by atoms with Gasteiger partial charge in [-0.1, -0.05) is 31.5 Å². The molecule has 0 bridgehead atoms. The lowest BCUT2D eigenvalue weighted by atomic mass is 9.92. The minimum absolute atomic E-state index is 0.00903. The predicted octanol–water partition coefficient (Wildman–Crippen LogP) is 2.59. The molecule has 0 aromatic heterocycles. The fourth-order valence-electron chi connectivity index (χ4n) is 3.63. The van der Waals surface area contributed by atoms with Gasteiger partial charge in [-0.25, -0.2) is 0 Å². The van der Waals surface area contributed by atoms with Crippen molar-refractivity contribution in [3.05, 3.63) is 29.8 Å². The lowest BCUT2D eigenvalue weighted by Gasteiger charge is -2.38. The first-order chi connectivity index (χ1) is 13.5. The SMILES string of the molecule is CCCCNC(=O)C1CCC(C)N(CC(O)COCc2ccccc2OC)C1. The van der Waals surface area contributed by atoms with Gasteiger partial charge in [-0.15, -0.1) is 0 Å². The highest BCUT2D eigenvalue weighted by molar-refractivity contribution is 5.78. The van der Waals surface area contributed by atoms with Crippen LogP contribution in [0.1, 0.15) is 45.1 Å². The van der Waals surface area contributed by atoms with Crippen molar-refractivity contribution in [3.8, 4) is 5.75 Å². The number of unbranched alkanes of at least 4 members (excludes halogenated alkanes) is 1. The quantitative estimate of drug-likeness (QED) is 0.567. The fraction of sp³-hybridized carbons (Fsp3) is 0.682. The number of methoxy groups -OCH3 is 1. The van der Waals surface area contributed by atoms with Gasteiger partial charge in [-0.05, 0) is 32.3 Å². The molecule has 0 radical (unpaired) electrons. The monoisotopic (exact) mass is 392 g/mol. The molecule has 6 nitrogen and oxygen atoms in total. The molecule has 2 N–H and O–H groups in total. The third-order valence-corrected chi connectivity index (χ3v) is 5.42. The van der Waals surface area contributed by atoms with E-state index in [1.165, 1.54) is 0 Å². The average molecular weight is 393 g/mol. The van der Waals surface area contributed by atoms with Crippen LogP contribution in [0, 0.1) is 5.92 Å². The van der Waals surface area contributed by atoms with Crippen molar-refractivity contribution in [2.24, 2.45) is 5.92 Å². The molecule has 1 aliphatic heterocycles.